The second-order valence-electron chi connectivity index (χ2n) is 4.56. The smallest absolute Gasteiger partial charge is 0.338 e. The zero-order valence-electron chi connectivity index (χ0n) is 11.4. The molecule has 0 saturated carbocycles. The van der Waals surface area contributed by atoms with Crippen LogP contribution in [0, 0.1) is 10.1 Å². The fraction of sp³-hybridized carbons (Fsp3) is 0.462. The van der Waals surface area contributed by atoms with Crippen LogP contribution in [-0.2, 0) is 4.74 Å². The first-order valence-electron chi connectivity index (χ1n) is 5.97. The van der Waals surface area contributed by atoms with Crippen LogP contribution in [0.15, 0.2) is 18.2 Å². The van der Waals surface area contributed by atoms with Gasteiger partial charge < -0.3 is 9.47 Å². The van der Waals surface area contributed by atoms with E-state index >= 15 is 0 Å². The number of benzene rings is 1. The van der Waals surface area contributed by atoms with Crippen molar-refractivity contribution in [3.05, 3.63) is 33.9 Å². The van der Waals surface area contributed by atoms with Gasteiger partial charge in [-0.3, -0.25) is 10.1 Å². The Balaban J connectivity index is 3.10. The maximum Gasteiger partial charge on any atom is 0.338 e. The second kappa shape index (κ2) is 6.17. The quantitative estimate of drug-likeness (QED) is 0.465. The van der Waals surface area contributed by atoms with Gasteiger partial charge in [-0.2, -0.15) is 0 Å². The van der Waals surface area contributed by atoms with Gasteiger partial charge >= 0.3 is 11.7 Å². The molecule has 0 aromatic heterocycles. The van der Waals surface area contributed by atoms with Gasteiger partial charge in [-0.05, 0) is 33.8 Å². The summed E-state index contributed by atoms with van der Waals surface area (Å²) in [5, 5.41) is 10.9. The molecule has 0 saturated heterocycles. The minimum Gasteiger partial charge on any atom is -0.484 e. The van der Waals surface area contributed by atoms with Crippen molar-refractivity contribution < 1.29 is 19.2 Å². The molecular formula is C13H17NO5. The first-order valence-corrected chi connectivity index (χ1v) is 5.97. The van der Waals surface area contributed by atoms with Crippen LogP contribution in [0.4, 0.5) is 5.69 Å². The summed E-state index contributed by atoms with van der Waals surface area (Å²) in [4.78, 5) is 22.1. The Labute approximate surface area is 111 Å². The zero-order valence-corrected chi connectivity index (χ0v) is 11.4. The fourth-order valence-corrected chi connectivity index (χ4v) is 1.42. The van der Waals surface area contributed by atoms with Gasteiger partial charge in [-0.15, -0.1) is 0 Å². The third-order valence-corrected chi connectivity index (χ3v) is 2.10. The minimum absolute atomic E-state index is 0.0678. The number of hydrogen-bond acceptors (Lipinski definition) is 5. The van der Waals surface area contributed by atoms with E-state index in [0.29, 0.717) is 0 Å². The molecule has 1 aromatic rings. The van der Waals surface area contributed by atoms with Crippen LogP contribution in [0.25, 0.3) is 0 Å². The number of nitro benzene ring substituents is 1. The van der Waals surface area contributed by atoms with E-state index < -0.39 is 10.9 Å². The van der Waals surface area contributed by atoms with Crippen LogP contribution in [0.2, 0.25) is 0 Å². The van der Waals surface area contributed by atoms with Crippen molar-refractivity contribution >= 4 is 11.7 Å². The third kappa shape index (κ3) is 4.24. The molecule has 0 heterocycles. The third-order valence-electron chi connectivity index (χ3n) is 2.10. The van der Waals surface area contributed by atoms with E-state index in [9.17, 15) is 14.9 Å². The van der Waals surface area contributed by atoms with Gasteiger partial charge in [0.15, 0.2) is 5.75 Å². The van der Waals surface area contributed by atoms with Crippen LogP contribution in [0.3, 0.4) is 0 Å². The highest BCUT2D eigenvalue weighted by Gasteiger charge is 2.20. The number of nitrogens with zero attached hydrogens (tertiary/aromatic N) is 1. The summed E-state index contributed by atoms with van der Waals surface area (Å²) in [7, 11) is 0. The summed E-state index contributed by atoms with van der Waals surface area (Å²) < 4.78 is 10.4. The summed E-state index contributed by atoms with van der Waals surface area (Å²) >= 11 is 0. The molecular weight excluding hydrogens is 250 g/mol. The van der Waals surface area contributed by atoms with Crippen LogP contribution >= 0.6 is 0 Å². The maximum atomic E-state index is 11.7. The van der Waals surface area contributed by atoms with E-state index in [-0.39, 0.29) is 29.2 Å². The fourth-order valence-electron chi connectivity index (χ4n) is 1.42. The van der Waals surface area contributed by atoms with Gasteiger partial charge in [0.2, 0.25) is 0 Å². The summed E-state index contributed by atoms with van der Waals surface area (Å²) in [5.74, 6) is -0.461. The Hall–Kier alpha value is -2.11. The van der Waals surface area contributed by atoms with Crippen LogP contribution in [0.5, 0.6) is 5.75 Å². The first kappa shape index (κ1) is 14.9. The van der Waals surface area contributed by atoms with Crippen molar-refractivity contribution in [2.45, 2.75) is 39.9 Å². The number of carbonyl (C=O) groups is 1. The van der Waals surface area contributed by atoms with Crippen molar-refractivity contribution in [1.29, 1.82) is 0 Å². The van der Waals surface area contributed by atoms with E-state index in [2.05, 4.69) is 0 Å². The summed E-state index contributed by atoms with van der Waals surface area (Å²) in [5.41, 5.74) is 0.0600. The van der Waals surface area contributed by atoms with Crippen molar-refractivity contribution in [3.8, 4) is 5.75 Å². The highest BCUT2D eigenvalue weighted by molar-refractivity contribution is 5.90. The molecule has 1 aromatic carbocycles. The number of carbonyl (C=O) groups excluding carboxylic acids is 1. The predicted molar refractivity (Wildman–Crippen MR) is 69.4 cm³/mol. The molecule has 0 fully saturated rings. The van der Waals surface area contributed by atoms with Gasteiger partial charge in [0, 0.05) is 12.1 Å². The zero-order chi connectivity index (χ0) is 14.6. The highest BCUT2D eigenvalue weighted by Crippen LogP contribution is 2.29. The Morgan fingerprint density at radius 2 is 1.84 bits per heavy atom. The Bertz CT molecular complexity index is 482. The van der Waals surface area contributed by atoms with E-state index in [1.807, 2.05) is 0 Å². The molecule has 19 heavy (non-hydrogen) atoms. The molecule has 0 atom stereocenters. The van der Waals surface area contributed by atoms with Crippen LogP contribution in [0.1, 0.15) is 38.1 Å². The molecule has 0 aliphatic heterocycles. The molecule has 0 amide bonds. The lowest BCUT2D eigenvalue weighted by Crippen LogP contribution is -2.13. The number of ether oxygens (including phenoxy) is 2. The molecule has 0 spiro atoms. The monoisotopic (exact) mass is 267 g/mol. The van der Waals surface area contributed by atoms with Crippen LogP contribution in [-0.4, -0.2) is 23.1 Å². The normalized spacial score (nSPS) is 10.6. The summed E-state index contributed by atoms with van der Waals surface area (Å²) in [6.45, 7) is 6.97. The molecule has 0 bridgehead atoms. The average Bonchev–Trinajstić information content (AvgIpc) is 2.26. The molecule has 6 nitrogen and oxygen atoms in total. The van der Waals surface area contributed by atoms with Gasteiger partial charge in [-0.1, -0.05) is 0 Å². The Kier molecular flexibility index (Phi) is 4.86. The van der Waals surface area contributed by atoms with Gasteiger partial charge in [-0.25, -0.2) is 4.79 Å². The number of nitro groups is 1. The Morgan fingerprint density at radius 1 is 1.21 bits per heavy atom. The lowest BCUT2D eigenvalue weighted by Gasteiger charge is -2.12. The summed E-state index contributed by atoms with van der Waals surface area (Å²) in [6.07, 6.45) is -0.479. The molecule has 104 valence electrons. The summed E-state index contributed by atoms with van der Waals surface area (Å²) in [6, 6.07) is 3.94. The molecule has 0 aliphatic rings. The lowest BCUT2D eigenvalue weighted by molar-refractivity contribution is -0.386. The van der Waals surface area contributed by atoms with Gasteiger partial charge in [0.25, 0.3) is 0 Å². The standard InChI is InChI=1S/C13H17NO5/c1-8(2)18-12-7-10(13(15)19-9(3)4)5-6-11(12)14(16)17/h5-9H,1-4H3. The van der Waals surface area contributed by atoms with Crippen LogP contribution < -0.4 is 4.74 Å². The molecule has 0 radical (unpaired) electrons. The average molecular weight is 267 g/mol. The van der Waals surface area contributed by atoms with Gasteiger partial charge in [0.1, 0.15) is 0 Å². The topological polar surface area (TPSA) is 78.7 Å². The lowest BCUT2D eigenvalue weighted by atomic mass is 10.2. The maximum absolute atomic E-state index is 11.7. The number of esters is 1. The van der Waals surface area contributed by atoms with E-state index in [1.165, 1.54) is 18.2 Å². The van der Waals surface area contributed by atoms with Crippen molar-refractivity contribution in [1.82, 2.24) is 0 Å². The first-order chi connectivity index (χ1) is 8.81. The predicted octanol–water partition coefficient (Wildman–Crippen LogP) is 2.95. The van der Waals surface area contributed by atoms with Crippen molar-refractivity contribution in [3.63, 3.8) is 0 Å². The number of hydrogen-bond donors (Lipinski definition) is 0. The molecule has 6 heteroatoms. The largest absolute Gasteiger partial charge is 0.484 e. The molecule has 0 N–H and O–H groups in total. The van der Waals surface area contributed by atoms with E-state index in [1.54, 1.807) is 27.7 Å². The van der Waals surface area contributed by atoms with Crippen molar-refractivity contribution in [2.24, 2.45) is 0 Å². The van der Waals surface area contributed by atoms with E-state index in [0.717, 1.165) is 0 Å². The molecule has 0 aliphatic carbocycles. The SMILES string of the molecule is CC(C)OC(=O)c1ccc([N+](=O)[O-])c(OC(C)C)c1. The Morgan fingerprint density at radius 3 is 2.32 bits per heavy atom. The molecule has 0 unspecified atom stereocenters. The van der Waals surface area contributed by atoms with E-state index in [4.69, 9.17) is 9.47 Å². The minimum atomic E-state index is -0.546. The molecule has 1 rings (SSSR count). The van der Waals surface area contributed by atoms with Crippen molar-refractivity contribution in [2.75, 3.05) is 0 Å². The van der Waals surface area contributed by atoms with Gasteiger partial charge in [0.05, 0.1) is 22.7 Å². The highest BCUT2D eigenvalue weighted by atomic mass is 16.6. The number of rotatable bonds is 5. The second-order valence-corrected chi connectivity index (χ2v) is 4.56.